The fourth-order valence-electron chi connectivity index (χ4n) is 2.30. The molecule has 0 unspecified atom stereocenters. The number of halogens is 1. The van der Waals surface area contributed by atoms with Gasteiger partial charge < -0.3 is 0 Å². The molecular formula is C18H15ClN2. The van der Waals surface area contributed by atoms with Crippen molar-refractivity contribution in [2.75, 3.05) is 0 Å². The molecule has 0 bridgehead atoms. The summed E-state index contributed by atoms with van der Waals surface area (Å²) in [7, 11) is 0. The Morgan fingerprint density at radius 3 is 2.19 bits per heavy atom. The highest BCUT2D eigenvalue weighted by Crippen LogP contribution is 2.33. The molecule has 2 aromatic carbocycles. The minimum Gasteiger partial charge on any atom is -0.231 e. The lowest BCUT2D eigenvalue weighted by molar-refractivity contribution is 0.893. The summed E-state index contributed by atoms with van der Waals surface area (Å²) in [4.78, 5) is 0. The van der Waals surface area contributed by atoms with Crippen LogP contribution in [0.2, 0.25) is 5.02 Å². The van der Waals surface area contributed by atoms with Crippen LogP contribution in [0.15, 0.2) is 67.2 Å². The predicted molar refractivity (Wildman–Crippen MR) is 88.3 cm³/mol. The maximum atomic E-state index is 6.46. The van der Waals surface area contributed by atoms with Gasteiger partial charge in [-0.2, -0.15) is 5.10 Å². The normalized spacial score (nSPS) is 10.6. The van der Waals surface area contributed by atoms with Gasteiger partial charge >= 0.3 is 0 Å². The van der Waals surface area contributed by atoms with E-state index in [9.17, 15) is 0 Å². The Hall–Kier alpha value is -2.32. The smallest absolute Gasteiger partial charge is 0.0930 e. The fourth-order valence-corrected chi connectivity index (χ4v) is 2.53. The Balaban J connectivity index is 2.16. The third kappa shape index (κ3) is 2.50. The van der Waals surface area contributed by atoms with Crippen molar-refractivity contribution in [3.8, 4) is 11.3 Å². The number of benzene rings is 2. The lowest BCUT2D eigenvalue weighted by atomic mass is 10.1. The van der Waals surface area contributed by atoms with Gasteiger partial charge in [0, 0.05) is 5.56 Å². The molecule has 3 rings (SSSR count). The summed E-state index contributed by atoms with van der Waals surface area (Å²) in [5.41, 5.74) is 4.54. The van der Waals surface area contributed by atoms with Crippen LogP contribution in [-0.2, 0) is 0 Å². The molecule has 3 aromatic rings. The van der Waals surface area contributed by atoms with E-state index in [0.717, 1.165) is 28.2 Å². The molecule has 0 atom stereocenters. The van der Waals surface area contributed by atoms with Crippen LogP contribution in [0, 0.1) is 6.92 Å². The van der Waals surface area contributed by atoms with Crippen LogP contribution in [0.3, 0.4) is 0 Å². The second-order valence-electron chi connectivity index (χ2n) is 4.84. The molecule has 1 heterocycles. The van der Waals surface area contributed by atoms with Crippen LogP contribution < -0.4 is 0 Å². The van der Waals surface area contributed by atoms with E-state index in [1.54, 1.807) is 0 Å². The number of hydrogen-bond donors (Lipinski definition) is 0. The van der Waals surface area contributed by atoms with Crippen LogP contribution in [-0.4, -0.2) is 9.78 Å². The first-order valence-electron chi connectivity index (χ1n) is 6.73. The molecular weight excluding hydrogens is 280 g/mol. The molecule has 0 amide bonds. The van der Waals surface area contributed by atoms with Crippen molar-refractivity contribution in [3.63, 3.8) is 0 Å². The van der Waals surface area contributed by atoms with Crippen molar-refractivity contribution in [2.24, 2.45) is 0 Å². The van der Waals surface area contributed by atoms with Crippen LogP contribution in [0.1, 0.15) is 11.3 Å². The van der Waals surface area contributed by atoms with Crippen LogP contribution in [0.4, 0.5) is 0 Å². The highest BCUT2D eigenvalue weighted by Gasteiger charge is 2.17. The van der Waals surface area contributed by atoms with E-state index in [1.807, 2.05) is 72.3 Å². The van der Waals surface area contributed by atoms with Crippen LogP contribution in [0.5, 0.6) is 0 Å². The van der Waals surface area contributed by atoms with Gasteiger partial charge in [-0.1, -0.05) is 78.8 Å². The standard InChI is InChI=1S/C18H15ClN2/c1-13-17(19)18(16-11-7-4-8-12-16)21(20-13)14(2)15-9-5-3-6-10-15/h3-12H,2H2,1H3. The number of rotatable bonds is 3. The molecule has 0 fully saturated rings. The lowest BCUT2D eigenvalue weighted by Crippen LogP contribution is -2.02. The van der Waals surface area contributed by atoms with E-state index in [4.69, 9.17) is 11.6 Å². The first-order valence-corrected chi connectivity index (χ1v) is 7.11. The molecule has 0 saturated carbocycles. The molecule has 0 saturated heterocycles. The highest BCUT2D eigenvalue weighted by atomic mass is 35.5. The van der Waals surface area contributed by atoms with E-state index in [2.05, 4.69) is 11.7 Å². The van der Waals surface area contributed by atoms with Crippen molar-refractivity contribution >= 4 is 17.3 Å². The summed E-state index contributed by atoms with van der Waals surface area (Å²) >= 11 is 6.46. The van der Waals surface area contributed by atoms with E-state index in [0.29, 0.717) is 5.02 Å². The number of aryl methyl sites for hydroxylation is 1. The Morgan fingerprint density at radius 2 is 1.57 bits per heavy atom. The van der Waals surface area contributed by atoms with E-state index >= 15 is 0 Å². The topological polar surface area (TPSA) is 17.8 Å². The van der Waals surface area contributed by atoms with Gasteiger partial charge in [-0.25, -0.2) is 4.68 Å². The maximum Gasteiger partial charge on any atom is 0.0930 e. The van der Waals surface area contributed by atoms with Gasteiger partial charge in [0.2, 0.25) is 0 Å². The summed E-state index contributed by atoms with van der Waals surface area (Å²) in [6.45, 7) is 6.08. The van der Waals surface area contributed by atoms with E-state index in [-0.39, 0.29) is 0 Å². The summed E-state index contributed by atoms with van der Waals surface area (Å²) in [6.07, 6.45) is 0. The summed E-state index contributed by atoms with van der Waals surface area (Å²) in [5, 5.41) is 5.21. The average Bonchev–Trinajstić information content (AvgIpc) is 2.84. The van der Waals surface area contributed by atoms with Gasteiger partial charge in [-0.05, 0) is 12.5 Å². The molecule has 0 aliphatic carbocycles. The van der Waals surface area contributed by atoms with Crippen molar-refractivity contribution in [1.82, 2.24) is 9.78 Å². The zero-order valence-corrected chi connectivity index (χ0v) is 12.5. The molecule has 0 N–H and O–H groups in total. The third-order valence-electron chi connectivity index (χ3n) is 3.40. The van der Waals surface area contributed by atoms with Gasteiger partial charge in [0.1, 0.15) is 0 Å². The maximum absolute atomic E-state index is 6.46. The second kappa shape index (κ2) is 5.58. The Kier molecular flexibility index (Phi) is 3.63. The van der Waals surface area contributed by atoms with Gasteiger partial charge in [0.25, 0.3) is 0 Å². The largest absolute Gasteiger partial charge is 0.231 e. The number of hydrogen-bond acceptors (Lipinski definition) is 1. The first-order chi connectivity index (χ1) is 10.2. The molecule has 2 nitrogen and oxygen atoms in total. The average molecular weight is 295 g/mol. The molecule has 104 valence electrons. The number of nitrogens with zero attached hydrogens (tertiary/aromatic N) is 2. The second-order valence-corrected chi connectivity index (χ2v) is 5.22. The lowest BCUT2D eigenvalue weighted by Gasteiger charge is -2.11. The van der Waals surface area contributed by atoms with Crippen molar-refractivity contribution in [2.45, 2.75) is 6.92 Å². The molecule has 0 radical (unpaired) electrons. The summed E-state index contributed by atoms with van der Waals surface area (Å²) in [5.74, 6) is 0. The fraction of sp³-hybridized carbons (Fsp3) is 0.0556. The Morgan fingerprint density at radius 1 is 1.00 bits per heavy atom. The minimum absolute atomic E-state index is 0.665. The van der Waals surface area contributed by atoms with Gasteiger partial charge in [-0.3, -0.25) is 0 Å². The quantitative estimate of drug-likeness (QED) is 0.662. The van der Waals surface area contributed by atoms with Gasteiger partial charge in [-0.15, -0.1) is 0 Å². The first kappa shape index (κ1) is 13.7. The Labute approximate surface area is 129 Å². The zero-order valence-electron chi connectivity index (χ0n) is 11.8. The predicted octanol–water partition coefficient (Wildman–Crippen LogP) is 5.03. The summed E-state index contributed by atoms with van der Waals surface area (Å²) in [6, 6.07) is 20.0. The van der Waals surface area contributed by atoms with Crippen molar-refractivity contribution in [3.05, 3.63) is 83.5 Å². The van der Waals surface area contributed by atoms with Gasteiger partial charge in [0.05, 0.1) is 22.1 Å². The van der Waals surface area contributed by atoms with Crippen LogP contribution in [0.25, 0.3) is 17.0 Å². The monoisotopic (exact) mass is 294 g/mol. The molecule has 0 spiro atoms. The molecule has 0 aliphatic heterocycles. The minimum atomic E-state index is 0.665. The van der Waals surface area contributed by atoms with E-state index in [1.165, 1.54) is 0 Å². The van der Waals surface area contributed by atoms with E-state index < -0.39 is 0 Å². The van der Waals surface area contributed by atoms with Crippen molar-refractivity contribution < 1.29 is 0 Å². The third-order valence-corrected chi connectivity index (χ3v) is 3.85. The molecule has 1 aromatic heterocycles. The van der Waals surface area contributed by atoms with Crippen LogP contribution >= 0.6 is 11.6 Å². The molecule has 3 heteroatoms. The zero-order chi connectivity index (χ0) is 14.8. The Bertz CT molecular complexity index is 774. The van der Waals surface area contributed by atoms with Gasteiger partial charge in [0.15, 0.2) is 0 Å². The number of aromatic nitrogens is 2. The SMILES string of the molecule is C=C(c1ccccc1)n1nc(C)c(Cl)c1-c1ccccc1. The van der Waals surface area contributed by atoms with Crippen molar-refractivity contribution in [1.29, 1.82) is 0 Å². The molecule has 21 heavy (non-hydrogen) atoms. The molecule has 0 aliphatic rings. The highest BCUT2D eigenvalue weighted by molar-refractivity contribution is 6.33. The summed E-state index contributed by atoms with van der Waals surface area (Å²) < 4.78 is 1.82.